The Hall–Kier alpha value is -3.62. The van der Waals surface area contributed by atoms with Crippen LogP contribution in [0.25, 0.3) is 10.2 Å². The van der Waals surface area contributed by atoms with Crippen molar-refractivity contribution in [2.24, 2.45) is 0 Å². The fourth-order valence-corrected chi connectivity index (χ4v) is 5.04. The van der Waals surface area contributed by atoms with Gasteiger partial charge in [0.1, 0.15) is 23.6 Å². The van der Waals surface area contributed by atoms with Crippen LogP contribution in [-0.4, -0.2) is 35.8 Å². The van der Waals surface area contributed by atoms with Crippen LogP contribution in [0.15, 0.2) is 71.5 Å². The van der Waals surface area contributed by atoms with Gasteiger partial charge in [0, 0.05) is 19.6 Å². The summed E-state index contributed by atoms with van der Waals surface area (Å²) in [4.78, 5) is 26.2. The molecular weight excluding hydrogens is 500 g/mol. The van der Waals surface area contributed by atoms with Gasteiger partial charge in [0.2, 0.25) is 5.91 Å². The third kappa shape index (κ3) is 8.46. The lowest BCUT2D eigenvalue weighted by Crippen LogP contribution is -2.25. The quantitative estimate of drug-likeness (QED) is 0.179. The number of benzene rings is 3. The molecule has 4 rings (SSSR count). The average Bonchev–Trinajstić information content (AvgIpc) is 3.34. The number of H-pyrrole nitrogens is 1. The Morgan fingerprint density at radius 2 is 1.71 bits per heavy atom. The molecule has 0 spiro atoms. The van der Waals surface area contributed by atoms with Crippen LogP contribution < -0.4 is 14.9 Å². The van der Waals surface area contributed by atoms with Gasteiger partial charge < -0.3 is 24.9 Å². The lowest BCUT2D eigenvalue weighted by atomic mass is 10.1. The van der Waals surface area contributed by atoms with Gasteiger partial charge in [0.15, 0.2) is 0 Å². The number of carbonyl (C=O) groups is 1. The van der Waals surface area contributed by atoms with Gasteiger partial charge in [-0.25, -0.2) is 0 Å². The maximum Gasteiger partial charge on any atom is 0.305 e. The average molecular weight is 535 g/mol. The Balaban J connectivity index is 1.01. The summed E-state index contributed by atoms with van der Waals surface area (Å²) >= 11 is 1.08. The number of thiazole rings is 1. The summed E-state index contributed by atoms with van der Waals surface area (Å²) in [6.45, 7) is 2.42. The molecule has 0 aliphatic carbocycles. The van der Waals surface area contributed by atoms with Gasteiger partial charge in [-0.2, -0.15) is 0 Å². The zero-order valence-electron chi connectivity index (χ0n) is 21.4. The van der Waals surface area contributed by atoms with Crippen LogP contribution in [0.1, 0.15) is 42.4 Å². The number of hydrogen-bond donors (Lipinski definition) is 3. The molecule has 0 bridgehead atoms. The van der Waals surface area contributed by atoms with Crippen molar-refractivity contribution in [3.63, 3.8) is 0 Å². The van der Waals surface area contributed by atoms with Crippen LogP contribution in [-0.2, 0) is 29.0 Å². The standard InChI is InChI=1S/C30H34N2O5S/c33-26-15-12-24(29-28(26)32-30(35)38-29)16-18-31-27(34)9-5-2-6-19-36-20-17-22-10-13-25(14-11-22)37-21-23-7-3-1-4-8-23/h1,3-4,7-8,10-15,33H,2,5-6,9,16-21H2,(H,31,34)(H,32,35). The first-order valence-corrected chi connectivity index (χ1v) is 13.8. The molecule has 8 heteroatoms. The topological polar surface area (TPSA) is 101 Å². The molecule has 0 saturated heterocycles. The first-order chi connectivity index (χ1) is 18.6. The summed E-state index contributed by atoms with van der Waals surface area (Å²) in [7, 11) is 0. The number of phenolic OH excluding ortho intramolecular Hbond substituents is 1. The van der Waals surface area contributed by atoms with E-state index >= 15 is 0 Å². The van der Waals surface area contributed by atoms with Crippen molar-refractivity contribution >= 4 is 27.5 Å². The van der Waals surface area contributed by atoms with Gasteiger partial charge in [-0.05, 0) is 60.6 Å². The molecule has 38 heavy (non-hydrogen) atoms. The van der Waals surface area contributed by atoms with E-state index in [1.54, 1.807) is 12.1 Å². The molecule has 200 valence electrons. The lowest BCUT2D eigenvalue weighted by molar-refractivity contribution is -0.121. The fraction of sp³-hybridized carbons (Fsp3) is 0.333. The van der Waals surface area contributed by atoms with Crippen molar-refractivity contribution in [3.8, 4) is 11.5 Å². The molecule has 1 aromatic heterocycles. The Bertz CT molecular complexity index is 1350. The molecule has 0 saturated carbocycles. The molecule has 0 unspecified atom stereocenters. The molecule has 0 fully saturated rings. The van der Waals surface area contributed by atoms with E-state index < -0.39 is 0 Å². The predicted octanol–water partition coefficient (Wildman–Crippen LogP) is 5.35. The van der Waals surface area contributed by atoms with E-state index in [1.807, 2.05) is 30.3 Å². The Kier molecular flexibility index (Phi) is 10.4. The van der Waals surface area contributed by atoms with E-state index in [9.17, 15) is 14.7 Å². The van der Waals surface area contributed by atoms with Gasteiger partial charge in [0.25, 0.3) is 0 Å². The Morgan fingerprint density at radius 1 is 0.895 bits per heavy atom. The van der Waals surface area contributed by atoms with Crippen LogP contribution in [0, 0.1) is 0 Å². The molecule has 3 N–H and O–H groups in total. The number of carbonyl (C=O) groups excluding carboxylic acids is 1. The molecule has 7 nitrogen and oxygen atoms in total. The molecule has 1 heterocycles. The van der Waals surface area contributed by atoms with E-state index in [0.717, 1.165) is 58.6 Å². The highest BCUT2D eigenvalue weighted by atomic mass is 32.1. The Labute approximate surface area is 226 Å². The van der Waals surface area contributed by atoms with E-state index in [1.165, 1.54) is 5.56 Å². The van der Waals surface area contributed by atoms with Crippen LogP contribution in [0.2, 0.25) is 0 Å². The monoisotopic (exact) mass is 534 g/mol. The van der Waals surface area contributed by atoms with E-state index in [2.05, 4.69) is 34.6 Å². The highest BCUT2D eigenvalue weighted by Gasteiger charge is 2.10. The van der Waals surface area contributed by atoms with Gasteiger partial charge in [-0.1, -0.05) is 66.3 Å². The third-order valence-corrected chi connectivity index (χ3v) is 7.21. The fourth-order valence-electron chi connectivity index (χ4n) is 4.15. The molecule has 0 aliphatic heterocycles. The van der Waals surface area contributed by atoms with Crippen molar-refractivity contribution in [2.45, 2.75) is 45.1 Å². The number of nitrogens with one attached hydrogen (secondary N) is 2. The van der Waals surface area contributed by atoms with Crippen molar-refractivity contribution in [2.75, 3.05) is 19.8 Å². The largest absolute Gasteiger partial charge is 0.506 e. The predicted molar refractivity (Wildman–Crippen MR) is 151 cm³/mol. The number of phenols is 1. The maximum absolute atomic E-state index is 12.1. The molecule has 3 aromatic carbocycles. The summed E-state index contributed by atoms with van der Waals surface area (Å²) < 4.78 is 12.3. The maximum atomic E-state index is 12.1. The Morgan fingerprint density at radius 3 is 2.53 bits per heavy atom. The van der Waals surface area contributed by atoms with E-state index in [4.69, 9.17) is 9.47 Å². The summed E-state index contributed by atoms with van der Waals surface area (Å²) in [6.07, 6.45) is 4.64. The number of fused-ring (bicyclic) bond motifs is 1. The van der Waals surface area contributed by atoms with Crippen molar-refractivity contribution in [3.05, 3.63) is 93.1 Å². The van der Waals surface area contributed by atoms with Crippen LogP contribution >= 0.6 is 11.3 Å². The highest BCUT2D eigenvalue weighted by Crippen LogP contribution is 2.27. The summed E-state index contributed by atoms with van der Waals surface area (Å²) in [5.41, 5.74) is 3.77. The van der Waals surface area contributed by atoms with Gasteiger partial charge in [-0.3, -0.25) is 9.59 Å². The van der Waals surface area contributed by atoms with Crippen molar-refractivity contribution in [1.29, 1.82) is 0 Å². The van der Waals surface area contributed by atoms with Gasteiger partial charge in [-0.15, -0.1) is 0 Å². The summed E-state index contributed by atoms with van der Waals surface area (Å²) in [5, 5.41) is 12.8. The van der Waals surface area contributed by atoms with Gasteiger partial charge in [0.05, 0.1) is 11.3 Å². The normalized spacial score (nSPS) is 11.1. The lowest BCUT2D eigenvalue weighted by Gasteiger charge is -2.08. The van der Waals surface area contributed by atoms with Crippen molar-refractivity contribution < 1.29 is 19.4 Å². The summed E-state index contributed by atoms with van der Waals surface area (Å²) in [6, 6.07) is 21.6. The van der Waals surface area contributed by atoms with Crippen molar-refractivity contribution in [1.82, 2.24) is 10.3 Å². The second kappa shape index (κ2) is 14.4. The number of ether oxygens (including phenoxy) is 2. The number of rotatable bonds is 15. The zero-order valence-corrected chi connectivity index (χ0v) is 22.2. The van der Waals surface area contributed by atoms with E-state index in [-0.39, 0.29) is 16.5 Å². The minimum absolute atomic E-state index is 0.0272. The minimum Gasteiger partial charge on any atom is -0.506 e. The molecule has 4 aromatic rings. The number of aromatic hydroxyl groups is 1. The molecule has 1 amide bonds. The number of aromatic amines is 1. The minimum atomic E-state index is -0.199. The molecular formula is C30H34N2O5S. The zero-order chi connectivity index (χ0) is 26.6. The summed E-state index contributed by atoms with van der Waals surface area (Å²) in [5.74, 6) is 0.952. The molecule has 0 aliphatic rings. The molecule has 0 atom stereocenters. The first kappa shape index (κ1) is 27.4. The highest BCUT2D eigenvalue weighted by molar-refractivity contribution is 7.16. The van der Waals surface area contributed by atoms with Crippen LogP contribution in [0.3, 0.4) is 0 Å². The number of aromatic nitrogens is 1. The second-order valence-corrected chi connectivity index (χ2v) is 10.1. The van der Waals surface area contributed by atoms with E-state index in [0.29, 0.717) is 44.7 Å². The van der Waals surface area contributed by atoms with Crippen LogP contribution in [0.4, 0.5) is 0 Å². The third-order valence-electron chi connectivity index (χ3n) is 6.25. The first-order valence-electron chi connectivity index (χ1n) is 13.0. The molecule has 0 radical (unpaired) electrons. The number of hydrogen-bond acceptors (Lipinski definition) is 6. The second-order valence-electron chi connectivity index (χ2n) is 9.15. The smallest absolute Gasteiger partial charge is 0.305 e. The number of amides is 1. The van der Waals surface area contributed by atoms with Crippen LogP contribution in [0.5, 0.6) is 11.5 Å². The van der Waals surface area contributed by atoms with Gasteiger partial charge >= 0.3 is 4.87 Å². The SMILES string of the molecule is O=C(CCCCCOCCc1ccc(OCc2ccccc2)cc1)NCCc1ccc(O)c2[nH]c(=O)sc12. The number of unbranched alkanes of at least 4 members (excludes halogenated alkanes) is 2.